The van der Waals surface area contributed by atoms with Crippen LogP contribution in [0.1, 0.15) is 28.1 Å². The van der Waals surface area contributed by atoms with E-state index in [9.17, 15) is 4.79 Å². The number of carbonyl (C=O) groups excluding carboxylic acids is 1. The van der Waals surface area contributed by atoms with Gasteiger partial charge in [-0.25, -0.2) is 4.79 Å². The molecule has 146 valence electrons. The number of aryl methyl sites for hydroxylation is 2. The zero-order valence-electron chi connectivity index (χ0n) is 16.3. The van der Waals surface area contributed by atoms with E-state index in [0.717, 1.165) is 33.9 Å². The Balaban J connectivity index is 1.47. The summed E-state index contributed by atoms with van der Waals surface area (Å²) in [6, 6.07) is 11.4. The molecule has 1 aromatic carbocycles. The third kappa shape index (κ3) is 5.09. The van der Waals surface area contributed by atoms with Gasteiger partial charge in [0.25, 0.3) is 0 Å². The molecule has 3 aromatic rings. The Morgan fingerprint density at radius 3 is 2.61 bits per heavy atom. The van der Waals surface area contributed by atoms with Crippen molar-refractivity contribution in [3.8, 4) is 5.75 Å². The van der Waals surface area contributed by atoms with Crippen molar-refractivity contribution in [3.63, 3.8) is 0 Å². The lowest BCUT2D eigenvalue weighted by Crippen LogP contribution is -2.36. The highest BCUT2D eigenvalue weighted by Gasteiger charge is 2.15. The highest BCUT2D eigenvalue weighted by atomic mass is 16.5. The molecule has 2 heterocycles. The molecule has 0 saturated carbocycles. The Bertz CT molecular complexity index is 888. The van der Waals surface area contributed by atoms with Gasteiger partial charge in [0.05, 0.1) is 12.2 Å². The predicted molar refractivity (Wildman–Crippen MR) is 105 cm³/mol. The molecule has 0 atom stereocenters. The molecule has 0 aliphatic rings. The van der Waals surface area contributed by atoms with Gasteiger partial charge in [-0.1, -0.05) is 23.4 Å². The number of benzene rings is 1. The van der Waals surface area contributed by atoms with Crippen molar-refractivity contribution in [1.29, 1.82) is 0 Å². The SMILES string of the molecule is Cc1noc(C)c1CN(C)C(=O)NCc1ccc(OCc2cccnc2)cc1. The van der Waals surface area contributed by atoms with Crippen LogP contribution in [0.5, 0.6) is 5.75 Å². The number of pyridine rings is 1. The van der Waals surface area contributed by atoms with Gasteiger partial charge in [-0.15, -0.1) is 0 Å². The molecular formula is C21H24N4O3. The summed E-state index contributed by atoms with van der Waals surface area (Å²) >= 11 is 0. The second-order valence-corrected chi connectivity index (χ2v) is 6.61. The van der Waals surface area contributed by atoms with E-state index in [1.165, 1.54) is 0 Å². The average Bonchev–Trinajstić information content (AvgIpc) is 3.04. The fourth-order valence-electron chi connectivity index (χ4n) is 2.70. The molecule has 0 saturated heterocycles. The number of ether oxygens (including phenoxy) is 1. The van der Waals surface area contributed by atoms with Crippen LogP contribution >= 0.6 is 0 Å². The summed E-state index contributed by atoms with van der Waals surface area (Å²) in [7, 11) is 1.75. The van der Waals surface area contributed by atoms with Crippen LogP contribution in [0.2, 0.25) is 0 Å². The summed E-state index contributed by atoms with van der Waals surface area (Å²) in [6.07, 6.45) is 3.52. The van der Waals surface area contributed by atoms with Gasteiger partial charge in [-0.2, -0.15) is 0 Å². The van der Waals surface area contributed by atoms with Crippen LogP contribution in [-0.4, -0.2) is 28.1 Å². The number of rotatable bonds is 7. The van der Waals surface area contributed by atoms with Crippen molar-refractivity contribution in [2.75, 3.05) is 7.05 Å². The molecule has 3 rings (SSSR count). The maximum atomic E-state index is 12.3. The lowest BCUT2D eigenvalue weighted by Gasteiger charge is -2.18. The van der Waals surface area contributed by atoms with Crippen molar-refractivity contribution >= 4 is 6.03 Å². The maximum absolute atomic E-state index is 12.3. The van der Waals surface area contributed by atoms with Gasteiger partial charge in [0, 0.05) is 37.1 Å². The summed E-state index contributed by atoms with van der Waals surface area (Å²) in [4.78, 5) is 18.0. The maximum Gasteiger partial charge on any atom is 0.317 e. The monoisotopic (exact) mass is 380 g/mol. The molecule has 0 aliphatic carbocycles. The van der Waals surface area contributed by atoms with Crippen LogP contribution in [0.25, 0.3) is 0 Å². The molecule has 28 heavy (non-hydrogen) atoms. The lowest BCUT2D eigenvalue weighted by atomic mass is 10.2. The fraction of sp³-hybridized carbons (Fsp3) is 0.286. The number of hydrogen-bond acceptors (Lipinski definition) is 5. The highest BCUT2D eigenvalue weighted by Crippen LogP contribution is 2.15. The van der Waals surface area contributed by atoms with E-state index >= 15 is 0 Å². The molecule has 0 radical (unpaired) electrons. The van der Waals surface area contributed by atoms with Gasteiger partial charge < -0.3 is 19.5 Å². The summed E-state index contributed by atoms with van der Waals surface area (Å²) in [5, 5.41) is 6.83. The summed E-state index contributed by atoms with van der Waals surface area (Å²) in [5.74, 6) is 1.51. The third-order valence-electron chi connectivity index (χ3n) is 4.42. The fourth-order valence-corrected chi connectivity index (χ4v) is 2.70. The molecule has 0 unspecified atom stereocenters. The first-order chi connectivity index (χ1) is 13.5. The van der Waals surface area contributed by atoms with Crippen LogP contribution in [0.4, 0.5) is 4.79 Å². The minimum absolute atomic E-state index is 0.156. The second kappa shape index (κ2) is 9.03. The predicted octanol–water partition coefficient (Wildman–Crippen LogP) is 3.61. The first-order valence-corrected chi connectivity index (χ1v) is 9.04. The molecule has 2 amide bonds. The molecule has 0 spiro atoms. The van der Waals surface area contributed by atoms with E-state index < -0.39 is 0 Å². The first-order valence-electron chi connectivity index (χ1n) is 9.04. The smallest absolute Gasteiger partial charge is 0.317 e. The molecule has 7 nitrogen and oxygen atoms in total. The van der Waals surface area contributed by atoms with E-state index in [1.54, 1.807) is 24.3 Å². The molecule has 0 bridgehead atoms. The summed E-state index contributed by atoms with van der Waals surface area (Å²) < 4.78 is 10.9. The average molecular weight is 380 g/mol. The van der Waals surface area contributed by atoms with E-state index in [4.69, 9.17) is 9.26 Å². The Labute approximate surface area is 164 Å². The van der Waals surface area contributed by atoms with Crippen molar-refractivity contribution in [1.82, 2.24) is 20.4 Å². The lowest BCUT2D eigenvalue weighted by molar-refractivity contribution is 0.206. The van der Waals surface area contributed by atoms with Crippen molar-refractivity contribution in [2.24, 2.45) is 0 Å². The van der Waals surface area contributed by atoms with Crippen LogP contribution in [0, 0.1) is 13.8 Å². The minimum atomic E-state index is -0.156. The van der Waals surface area contributed by atoms with Gasteiger partial charge in [0.15, 0.2) is 0 Å². The molecular weight excluding hydrogens is 356 g/mol. The van der Waals surface area contributed by atoms with Crippen molar-refractivity contribution in [2.45, 2.75) is 33.5 Å². The molecule has 7 heteroatoms. The number of aromatic nitrogens is 2. The Hall–Kier alpha value is -3.35. The number of carbonyl (C=O) groups is 1. The second-order valence-electron chi connectivity index (χ2n) is 6.61. The van der Waals surface area contributed by atoms with Gasteiger partial charge in [0.1, 0.15) is 18.1 Å². The van der Waals surface area contributed by atoms with Gasteiger partial charge >= 0.3 is 6.03 Å². The van der Waals surface area contributed by atoms with Gasteiger partial charge in [0.2, 0.25) is 0 Å². The Kier molecular flexibility index (Phi) is 6.26. The Morgan fingerprint density at radius 2 is 1.96 bits per heavy atom. The van der Waals surface area contributed by atoms with Gasteiger partial charge in [-0.3, -0.25) is 4.98 Å². The van der Waals surface area contributed by atoms with E-state index in [0.29, 0.717) is 19.7 Å². The number of nitrogens with one attached hydrogen (secondary N) is 1. The number of hydrogen-bond donors (Lipinski definition) is 1. The molecule has 0 aliphatic heterocycles. The molecule has 0 fully saturated rings. The van der Waals surface area contributed by atoms with E-state index in [-0.39, 0.29) is 6.03 Å². The number of urea groups is 1. The molecule has 2 aromatic heterocycles. The van der Waals surface area contributed by atoms with Crippen LogP contribution in [0.15, 0.2) is 53.3 Å². The zero-order valence-corrected chi connectivity index (χ0v) is 16.3. The summed E-state index contributed by atoms with van der Waals surface area (Å²) in [5.41, 5.74) is 3.75. The van der Waals surface area contributed by atoms with Gasteiger partial charge in [-0.05, 0) is 37.6 Å². The van der Waals surface area contributed by atoms with Crippen LogP contribution in [0.3, 0.4) is 0 Å². The standard InChI is InChI=1S/C21H24N4O3/c1-15-20(16(2)28-24-15)13-25(3)21(26)23-12-17-6-8-19(9-7-17)27-14-18-5-4-10-22-11-18/h4-11H,12-14H2,1-3H3,(H,23,26). The topological polar surface area (TPSA) is 80.5 Å². The number of nitrogens with zero attached hydrogens (tertiary/aromatic N) is 3. The van der Waals surface area contributed by atoms with Crippen LogP contribution < -0.4 is 10.1 Å². The largest absolute Gasteiger partial charge is 0.489 e. The Morgan fingerprint density at radius 1 is 1.18 bits per heavy atom. The van der Waals surface area contributed by atoms with Crippen LogP contribution in [-0.2, 0) is 19.7 Å². The van der Waals surface area contributed by atoms with Crippen molar-refractivity contribution < 1.29 is 14.1 Å². The summed E-state index contributed by atoms with van der Waals surface area (Å²) in [6.45, 7) is 5.08. The first kappa shape index (κ1) is 19.4. The zero-order chi connectivity index (χ0) is 19.9. The third-order valence-corrected chi connectivity index (χ3v) is 4.42. The minimum Gasteiger partial charge on any atom is -0.489 e. The quantitative estimate of drug-likeness (QED) is 0.677. The van der Waals surface area contributed by atoms with E-state index in [1.807, 2.05) is 50.2 Å². The highest BCUT2D eigenvalue weighted by molar-refractivity contribution is 5.73. The van der Waals surface area contributed by atoms with E-state index in [2.05, 4.69) is 15.5 Å². The number of amides is 2. The van der Waals surface area contributed by atoms with Crippen molar-refractivity contribution in [3.05, 3.63) is 76.9 Å². The molecule has 1 N–H and O–H groups in total. The normalized spacial score (nSPS) is 10.5.